The van der Waals surface area contributed by atoms with E-state index in [0.29, 0.717) is 12.0 Å². The number of ether oxygens (including phenoxy) is 1. The Morgan fingerprint density at radius 1 is 1.40 bits per heavy atom. The van der Waals surface area contributed by atoms with Gasteiger partial charge in [0.25, 0.3) is 0 Å². The maximum absolute atomic E-state index is 9.14. The van der Waals surface area contributed by atoms with Crippen LogP contribution in [-0.4, -0.2) is 62.0 Å². The van der Waals surface area contributed by atoms with Crippen LogP contribution < -0.4 is 5.32 Å². The van der Waals surface area contributed by atoms with Crippen LogP contribution in [0.4, 0.5) is 0 Å². The van der Waals surface area contributed by atoms with Crippen LogP contribution in [0, 0.1) is 5.92 Å². The maximum Gasteiger partial charge on any atom is 0.0826 e. The molecule has 15 heavy (non-hydrogen) atoms. The van der Waals surface area contributed by atoms with Crippen molar-refractivity contribution >= 4 is 0 Å². The van der Waals surface area contributed by atoms with E-state index in [1.165, 1.54) is 0 Å². The van der Waals surface area contributed by atoms with Gasteiger partial charge < -0.3 is 20.1 Å². The predicted molar refractivity (Wildman–Crippen MR) is 58.8 cm³/mol. The summed E-state index contributed by atoms with van der Waals surface area (Å²) in [6.07, 6.45) is 2.25. The molecule has 88 valence electrons. The average Bonchev–Trinajstić information content (AvgIpc) is 2.15. The van der Waals surface area contributed by atoms with Gasteiger partial charge in [-0.25, -0.2) is 0 Å². The Hall–Kier alpha value is -0.160. The number of rotatable bonds is 4. The standard InChI is InChI=1S/C11H22N2O2/c1-13-2-3-15-11(8-13)7-12-6-9-4-10(14)5-9/h9-12,14H,2-8H2,1H3. The average molecular weight is 214 g/mol. The van der Waals surface area contributed by atoms with Crippen molar-refractivity contribution in [3.8, 4) is 0 Å². The molecule has 1 saturated heterocycles. The molecule has 0 bridgehead atoms. The van der Waals surface area contributed by atoms with Crippen molar-refractivity contribution in [3.63, 3.8) is 0 Å². The van der Waals surface area contributed by atoms with Crippen molar-refractivity contribution in [2.75, 3.05) is 39.8 Å². The maximum atomic E-state index is 9.14. The van der Waals surface area contributed by atoms with Crippen LogP contribution >= 0.6 is 0 Å². The van der Waals surface area contributed by atoms with E-state index in [2.05, 4.69) is 17.3 Å². The van der Waals surface area contributed by atoms with Gasteiger partial charge in [0.1, 0.15) is 0 Å². The van der Waals surface area contributed by atoms with Crippen molar-refractivity contribution in [3.05, 3.63) is 0 Å². The fraction of sp³-hybridized carbons (Fsp3) is 1.00. The first kappa shape index (κ1) is 11.3. The normalized spacial score (nSPS) is 37.6. The van der Waals surface area contributed by atoms with Gasteiger partial charge in [-0.15, -0.1) is 0 Å². The number of nitrogens with zero attached hydrogens (tertiary/aromatic N) is 1. The zero-order chi connectivity index (χ0) is 10.7. The van der Waals surface area contributed by atoms with Crippen LogP contribution in [0.3, 0.4) is 0 Å². The minimum Gasteiger partial charge on any atom is -0.393 e. The number of aliphatic hydroxyl groups excluding tert-OH is 1. The molecular weight excluding hydrogens is 192 g/mol. The lowest BCUT2D eigenvalue weighted by Crippen LogP contribution is -2.46. The quantitative estimate of drug-likeness (QED) is 0.673. The molecule has 2 fully saturated rings. The SMILES string of the molecule is CN1CCOC(CNCC2CC(O)C2)C1. The molecule has 2 aliphatic rings. The summed E-state index contributed by atoms with van der Waals surface area (Å²) in [6.45, 7) is 4.90. The van der Waals surface area contributed by atoms with Crippen molar-refractivity contribution in [1.29, 1.82) is 0 Å². The second-order valence-electron chi connectivity index (χ2n) is 4.90. The van der Waals surface area contributed by atoms with E-state index >= 15 is 0 Å². The van der Waals surface area contributed by atoms with E-state index in [1.807, 2.05) is 0 Å². The van der Waals surface area contributed by atoms with Gasteiger partial charge in [0.2, 0.25) is 0 Å². The topological polar surface area (TPSA) is 44.7 Å². The second-order valence-corrected chi connectivity index (χ2v) is 4.90. The lowest BCUT2D eigenvalue weighted by molar-refractivity contribution is -0.0202. The number of hydrogen-bond acceptors (Lipinski definition) is 4. The van der Waals surface area contributed by atoms with Crippen LogP contribution in [0.15, 0.2) is 0 Å². The van der Waals surface area contributed by atoms with E-state index < -0.39 is 0 Å². The first-order valence-electron chi connectivity index (χ1n) is 5.93. The molecule has 0 radical (unpaired) electrons. The van der Waals surface area contributed by atoms with E-state index in [1.54, 1.807) is 0 Å². The summed E-state index contributed by atoms with van der Waals surface area (Å²) in [5.74, 6) is 0.682. The molecule has 0 spiro atoms. The largest absolute Gasteiger partial charge is 0.393 e. The van der Waals surface area contributed by atoms with E-state index in [-0.39, 0.29) is 6.10 Å². The number of aliphatic hydroxyl groups is 1. The number of morpholine rings is 1. The molecule has 4 nitrogen and oxygen atoms in total. The van der Waals surface area contributed by atoms with Crippen LogP contribution in [0.25, 0.3) is 0 Å². The summed E-state index contributed by atoms with van der Waals surface area (Å²) in [5, 5.41) is 12.6. The summed E-state index contributed by atoms with van der Waals surface area (Å²) < 4.78 is 5.65. The Bertz CT molecular complexity index is 195. The van der Waals surface area contributed by atoms with Gasteiger partial charge in [0, 0.05) is 19.6 Å². The van der Waals surface area contributed by atoms with E-state index in [0.717, 1.165) is 45.6 Å². The third-order valence-electron chi connectivity index (χ3n) is 3.36. The molecule has 0 aromatic rings. The molecule has 2 rings (SSSR count). The molecule has 1 aliphatic carbocycles. The first-order chi connectivity index (χ1) is 7.24. The van der Waals surface area contributed by atoms with Crippen LogP contribution in [0.1, 0.15) is 12.8 Å². The van der Waals surface area contributed by atoms with Gasteiger partial charge in [-0.3, -0.25) is 0 Å². The molecular formula is C11H22N2O2. The first-order valence-corrected chi connectivity index (χ1v) is 5.93. The van der Waals surface area contributed by atoms with Gasteiger partial charge in [-0.05, 0) is 32.4 Å². The highest BCUT2D eigenvalue weighted by atomic mass is 16.5. The predicted octanol–water partition coefficient (Wildman–Crippen LogP) is -0.322. The van der Waals surface area contributed by atoms with Gasteiger partial charge in [0.05, 0.1) is 18.8 Å². The van der Waals surface area contributed by atoms with Gasteiger partial charge in [0.15, 0.2) is 0 Å². The highest BCUT2D eigenvalue weighted by Gasteiger charge is 2.27. The number of hydrogen-bond donors (Lipinski definition) is 2. The minimum atomic E-state index is -0.0335. The molecule has 0 amide bonds. The van der Waals surface area contributed by atoms with Gasteiger partial charge >= 0.3 is 0 Å². The Morgan fingerprint density at radius 2 is 2.20 bits per heavy atom. The van der Waals surface area contributed by atoms with Crippen molar-refractivity contribution < 1.29 is 9.84 Å². The fourth-order valence-electron chi connectivity index (χ4n) is 2.31. The minimum absolute atomic E-state index is 0.0335. The van der Waals surface area contributed by atoms with Crippen molar-refractivity contribution in [2.24, 2.45) is 5.92 Å². The van der Waals surface area contributed by atoms with Gasteiger partial charge in [-0.2, -0.15) is 0 Å². The third kappa shape index (κ3) is 3.41. The lowest BCUT2D eigenvalue weighted by atomic mass is 9.82. The summed E-state index contributed by atoms with van der Waals surface area (Å²) in [6, 6.07) is 0. The highest BCUT2D eigenvalue weighted by molar-refractivity contribution is 4.81. The summed E-state index contributed by atoms with van der Waals surface area (Å²) in [7, 11) is 2.14. The van der Waals surface area contributed by atoms with Crippen molar-refractivity contribution in [2.45, 2.75) is 25.0 Å². The summed E-state index contributed by atoms with van der Waals surface area (Å²) in [4.78, 5) is 2.31. The summed E-state index contributed by atoms with van der Waals surface area (Å²) in [5.41, 5.74) is 0. The third-order valence-corrected chi connectivity index (χ3v) is 3.36. The molecule has 4 heteroatoms. The Morgan fingerprint density at radius 3 is 2.87 bits per heavy atom. The Kier molecular flexibility index (Phi) is 3.97. The van der Waals surface area contributed by atoms with E-state index in [4.69, 9.17) is 9.84 Å². The van der Waals surface area contributed by atoms with Crippen molar-refractivity contribution in [1.82, 2.24) is 10.2 Å². The zero-order valence-corrected chi connectivity index (χ0v) is 9.48. The number of nitrogens with one attached hydrogen (secondary N) is 1. The van der Waals surface area contributed by atoms with Crippen LogP contribution in [0.2, 0.25) is 0 Å². The Balaban J connectivity index is 1.53. The second kappa shape index (κ2) is 5.25. The lowest BCUT2D eigenvalue weighted by Gasteiger charge is -2.33. The monoisotopic (exact) mass is 214 g/mol. The Labute approximate surface area is 91.6 Å². The molecule has 1 heterocycles. The number of likely N-dealkylation sites (N-methyl/N-ethyl adjacent to an activating group) is 1. The molecule has 2 N–H and O–H groups in total. The molecule has 1 unspecified atom stereocenters. The molecule has 1 atom stereocenters. The smallest absolute Gasteiger partial charge is 0.0826 e. The molecule has 1 saturated carbocycles. The van der Waals surface area contributed by atoms with E-state index in [9.17, 15) is 0 Å². The molecule has 1 aliphatic heterocycles. The van der Waals surface area contributed by atoms with Gasteiger partial charge in [-0.1, -0.05) is 0 Å². The zero-order valence-electron chi connectivity index (χ0n) is 9.48. The molecule has 0 aromatic carbocycles. The van der Waals surface area contributed by atoms with Crippen LogP contribution in [-0.2, 0) is 4.74 Å². The highest BCUT2D eigenvalue weighted by Crippen LogP contribution is 2.25. The fourth-order valence-corrected chi connectivity index (χ4v) is 2.31. The molecule has 0 aromatic heterocycles. The van der Waals surface area contributed by atoms with Crippen LogP contribution in [0.5, 0.6) is 0 Å². The summed E-state index contributed by atoms with van der Waals surface area (Å²) >= 11 is 0.